The normalized spacial score (nSPS) is 17.0. The Kier molecular flexibility index (Phi) is 7.73. The third-order valence-electron chi connectivity index (χ3n) is 5.67. The molecule has 1 aliphatic heterocycles. The average molecular weight is 369 g/mol. The molecule has 1 saturated heterocycles. The van der Waals surface area contributed by atoms with Gasteiger partial charge in [0.1, 0.15) is 5.75 Å². The van der Waals surface area contributed by atoms with Crippen molar-refractivity contribution in [3.63, 3.8) is 0 Å². The van der Waals surface area contributed by atoms with E-state index in [1.54, 1.807) is 4.90 Å². The number of benzene rings is 2. The maximum Gasteiger partial charge on any atom is 0.119 e. The molecule has 3 nitrogen and oxygen atoms in total. The van der Waals surface area contributed by atoms with Crippen molar-refractivity contribution < 1.29 is 14.7 Å². The van der Waals surface area contributed by atoms with Gasteiger partial charge < -0.3 is 14.7 Å². The van der Waals surface area contributed by atoms with Crippen LogP contribution in [0.3, 0.4) is 0 Å². The van der Waals surface area contributed by atoms with Crippen LogP contribution in [0.4, 0.5) is 0 Å². The smallest absolute Gasteiger partial charge is 0.119 e. The molecule has 1 heterocycles. The van der Waals surface area contributed by atoms with Crippen LogP contribution in [0.1, 0.15) is 62.2 Å². The van der Waals surface area contributed by atoms with E-state index in [0.29, 0.717) is 0 Å². The molecule has 0 amide bonds. The quantitative estimate of drug-likeness (QED) is 0.626. The highest BCUT2D eigenvalue weighted by atomic mass is 16.5. The maximum absolute atomic E-state index is 11.2. The zero-order valence-corrected chi connectivity index (χ0v) is 16.6. The van der Waals surface area contributed by atoms with Crippen molar-refractivity contribution in [1.29, 1.82) is 0 Å². The first-order valence-corrected chi connectivity index (χ1v) is 10.6. The van der Waals surface area contributed by atoms with Crippen molar-refractivity contribution >= 4 is 0 Å². The monoisotopic (exact) mass is 368 g/mol. The summed E-state index contributed by atoms with van der Waals surface area (Å²) in [4.78, 5) is 1.61. The van der Waals surface area contributed by atoms with E-state index in [0.717, 1.165) is 30.9 Å². The van der Waals surface area contributed by atoms with Crippen LogP contribution in [0.5, 0.6) is 5.75 Å². The Morgan fingerprint density at radius 1 is 0.926 bits per heavy atom. The molecule has 3 heteroatoms. The fraction of sp³-hybridized carbons (Fsp3) is 0.500. The van der Waals surface area contributed by atoms with Gasteiger partial charge in [-0.2, -0.15) is 0 Å². The van der Waals surface area contributed by atoms with Gasteiger partial charge in [-0.1, -0.05) is 62.2 Å². The Morgan fingerprint density at radius 3 is 2.30 bits per heavy atom. The second kappa shape index (κ2) is 10.5. The standard InChI is InChI=1S/C24H33NO2/c1-2-3-9-18-27-22-14-12-21(13-15-22)24(26)23(19-25-16-7-8-17-25)20-10-5-4-6-11-20/h4-6,10-15,23-24,26H,2-3,7-9,16-19H2,1H3/p+1. The van der Waals surface area contributed by atoms with Gasteiger partial charge in [0, 0.05) is 12.8 Å². The molecule has 2 atom stereocenters. The highest BCUT2D eigenvalue weighted by Crippen LogP contribution is 2.31. The molecule has 2 unspecified atom stereocenters. The average Bonchev–Trinajstić information content (AvgIpc) is 3.23. The van der Waals surface area contributed by atoms with E-state index in [1.165, 1.54) is 44.3 Å². The van der Waals surface area contributed by atoms with Gasteiger partial charge in [0.05, 0.1) is 38.3 Å². The van der Waals surface area contributed by atoms with Crippen molar-refractivity contribution in [3.8, 4) is 5.75 Å². The number of quaternary nitrogens is 1. The predicted octanol–water partition coefficient (Wildman–Crippen LogP) is 3.75. The SMILES string of the molecule is CCCCCOc1ccc(C(O)C(C[NH+]2CCCC2)c2ccccc2)cc1. The van der Waals surface area contributed by atoms with Crippen molar-refractivity contribution in [2.45, 2.75) is 51.0 Å². The molecule has 1 aliphatic rings. The number of unbranched alkanes of at least 4 members (excludes halogenated alkanes) is 2. The number of hydrogen-bond acceptors (Lipinski definition) is 2. The fourth-order valence-corrected chi connectivity index (χ4v) is 4.04. The molecule has 3 rings (SSSR count). The number of ether oxygens (including phenoxy) is 1. The van der Waals surface area contributed by atoms with Crippen LogP contribution >= 0.6 is 0 Å². The summed E-state index contributed by atoms with van der Waals surface area (Å²) < 4.78 is 5.81. The second-order valence-electron chi connectivity index (χ2n) is 7.75. The Hall–Kier alpha value is -1.84. The lowest BCUT2D eigenvalue weighted by Gasteiger charge is -2.26. The molecule has 2 aromatic rings. The lowest BCUT2D eigenvalue weighted by Crippen LogP contribution is -3.10. The van der Waals surface area contributed by atoms with Crippen molar-refractivity contribution in [1.82, 2.24) is 0 Å². The minimum absolute atomic E-state index is 0.121. The molecule has 2 aromatic carbocycles. The predicted molar refractivity (Wildman–Crippen MR) is 110 cm³/mol. The molecule has 1 fully saturated rings. The first-order valence-electron chi connectivity index (χ1n) is 10.6. The molecule has 0 bridgehead atoms. The number of hydrogen-bond donors (Lipinski definition) is 2. The summed E-state index contributed by atoms with van der Waals surface area (Å²) in [5, 5.41) is 11.2. The van der Waals surface area contributed by atoms with Gasteiger partial charge in [0.15, 0.2) is 0 Å². The largest absolute Gasteiger partial charge is 0.494 e. The van der Waals surface area contributed by atoms with E-state index in [4.69, 9.17) is 4.74 Å². The van der Waals surface area contributed by atoms with Crippen LogP contribution in [0.15, 0.2) is 54.6 Å². The van der Waals surface area contributed by atoms with Gasteiger partial charge in [-0.05, 0) is 29.7 Å². The molecular formula is C24H34NO2+. The van der Waals surface area contributed by atoms with Gasteiger partial charge >= 0.3 is 0 Å². The van der Waals surface area contributed by atoms with Crippen LogP contribution in [-0.2, 0) is 0 Å². The topological polar surface area (TPSA) is 33.9 Å². The Balaban J connectivity index is 1.68. The van der Waals surface area contributed by atoms with Crippen molar-refractivity contribution in [2.75, 3.05) is 26.2 Å². The molecular weight excluding hydrogens is 334 g/mol. The lowest BCUT2D eigenvalue weighted by atomic mass is 9.88. The van der Waals surface area contributed by atoms with Crippen LogP contribution < -0.4 is 9.64 Å². The molecule has 146 valence electrons. The van der Waals surface area contributed by atoms with Crippen LogP contribution in [0.2, 0.25) is 0 Å². The van der Waals surface area contributed by atoms with E-state index in [-0.39, 0.29) is 5.92 Å². The number of aliphatic hydroxyl groups is 1. The zero-order chi connectivity index (χ0) is 18.9. The fourth-order valence-electron chi connectivity index (χ4n) is 4.04. The summed E-state index contributed by atoms with van der Waals surface area (Å²) in [5.74, 6) is 1.01. The van der Waals surface area contributed by atoms with E-state index in [1.807, 2.05) is 30.3 Å². The first-order chi connectivity index (χ1) is 13.3. The van der Waals surface area contributed by atoms with Gasteiger partial charge in [0.25, 0.3) is 0 Å². The zero-order valence-electron chi connectivity index (χ0n) is 16.6. The van der Waals surface area contributed by atoms with E-state index >= 15 is 0 Å². The summed E-state index contributed by atoms with van der Waals surface area (Å²) in [6.07, 6.45) is 5.61. The van der Waals surface area contributed by atoms with Crippen LogP contribution in [0, 0.1) is 0 Å². The summed E-state index contributed by atoms with van der Waals surface area (Å²) in [7, 11) is 0. The van der Waals surface area contributed by atoms with Gasteiger partial charge in [0.2, 0.25) is 0 Å². The van der Waals surface area contributed by atoms with Gasteiger partial charge in [-0.15, -0.1) is 0 Å². The molecule has 2 N–H and O–H groups in total. The minimum atomic E-state index is -0.491. The summed E-state index contributed by atoms with van der Waals surface area (Å²) in [6, 6.07) is 18.5. The van der Waals surface area contributed by atoms with Gasteiger partial charge in [-0.3, -0.25) is 0 Å². The van der Waals surface area contributed by atoms with Crippen LogP contribution in [0.25, 0.3) is 0 Å². The van der Waals surface area contributed by atoms with Crippen molar-refractivity contribution in [2.24, 2.45) is 0 Å². The Labute approximate surface area is 164 Å². The molecule has 0 radical (unpaired) electrons. The molecule has 0 spiro atoms. The first kappa shape index (κ1) is 19.9. The van der Waals surface area contributed by atoms with Crippen molar-refractivity contribution in [3.05, 3.63) is 65.7 Å². The van der Waals surface area contributed by atoms with E-state index in [2.05, 4.69) is 31.2 Å². The maximum atomic E-state index is 11.2. The summed E-state index contributed by atoms with van der Waals surface area (Å²) in [5.41, 5.74) is 2.20. The molecule has 0 aromatic heterocycles. The number of aliphatic hydroxyl groups excluding tert-OH is 1. The van der Waals surface area contributed by atoms with Gasteiger partial charge in [-0.25, -0.2) is 0 Å². The second-order valence-corrected chi connectivity index (χ2v) is 7.75. The summed E-state index contributed by atoms with van der Waals surface area (Å²) >= 11 is 0. The Morgan fingerprint density at radius 2 is 1.63 bits per heavy atom. The number of rotatable bonds is 10. The summed E-state index contributed by atoms with van der Waals surface area (Å²) in [6.45, 7) is 6.39. The third kappa shape index (κ3) is 5.82. The van der Waals surface area contributed by atoms with Crippen LogP contribution in [-0.4, -0.2) is 31.3 Å². The molecule has 0 saturated carbocycles. The highest BCUT2D eigenvalue weighted by molar-refractivity contribution is 5.31. The Bertz CT molecular complexity index is 650. The molecule has 27 heavy (non-hydrogen) atoms. The van der Waals surface area contributed by atoms with E-state index < -0.39 is 6.10 Å². The third-order valence-corrected chi connectivity index (χ3v) is 5.67. The highest BCUT2D eigenvalue weighted by Gasteiger charge is 2.28. The number of likely N-dealkylation sites (tertiary alicyclic amines) is 1. The minimum Gasteiger partial charge on any atom is -0.494 e. The van der Waals surface area contributed by atoms with E-state index in [9.17, 15) is 5.11 Å². The lowest BCUT2D eigenvalue weighted by molar-refractivity contribution is -0.889. The molecule has 0 aliphatic carbocycles. The number of nitrogens with one attached hydrogen (secondary N) is 1.